The number of aromatic amines is 1. The number of imidazole rings is 1. The van der Waals surface area contributed by atoms with E-state index in [9.17, 15) is 0 Å². The molecule has 4 rings (SSSR count). The fraction of sp³-hybridized carbons (Fsp3) is 0.348. The van der Waals surface area contributed by atoms with E-state index < -0.39 is 0 Å². The predicted octanol–water partition coefficient (Wildman–Crippen LogP) is 5.29. The molecule has 1 N–H and O–H groups in total. The highest BCUT2D eigenvalue weighted by Crippen LogP contribution is 2.31. The number of para-hydroxylation sites is 1. The number of benzene rings is 2. The Morgan fingerprint density at radius 1 is 1.00 bits per heavy atom. The zero-order valence-electron chi connectivity index (χ0n) is 15.8. The molecule has 0 saturated heterocycles. The van der Waals surface area contributed by atoms with Crippen molar-refractivity contribution >= 4 is 16.6 Å². The minimum Gasteiger partial charge on any atom is -0.342 e. The molecule has 1 aromatic heterocycles. The number of hydrogen-bond acceptors (Lipinski definition) is 2. The van der Waals surface area contributed by atoms with Gasteiger partial charge >= 0.3 is 0 Å². The van der Waals surface area contributed by atoms with Crippen LogP contribution in [0.15, 0.2) is 48.5 Å². The average molecular weight is 345 g/mol. The van der Waals surface area contributed by atoms with Crippen LogP contribution < -0.4 is 0 Å². The molecule has 0 radical (unpaired) electrons. The number of nitrogens with one attached hydrogen (secondary N) is 1. The molecule has 0 bridgehead atoms. The normalized spacial score (nSPS) is 14.8. The van der Waals surface area contributed by atoms with E-state index >= 15 is 0 Å². The van der Waals surface area contributed by atoms with E-state index in [1.165, 1.54) is 47.9 Å². The van der Waals surface area contributed by atoms with Gasteiger partial charge in [0, 0.05) is 18.5 Å². The lowest BCUT2D eigenvalue weighted by molar-refractivity contribution is 0.410. The molecule has 1 aliphatic rings. The van der Waals surface area contributed by atoms with Gasteiger partial charge in [-0.05, 0) is 62.5 Å². The van der Waals surface area contributed by atoms with Gasteiger partial charge in [0.2, 0.25) is 0 Å². The first-order valence-corrected chi connectivity index (χ1v) is 9.63. The first kappa shape index (κ1) is 17.0. The van der Waals surface area contributed by atoms with Gasteiger partial charge in [-0.1, -0.05) is 42.5 Å². The van der Waals surface area contributed by atoms with Gasteiger partial charge in [0.25, 0.3) is 0 Å². The molecule has 134 valence electrons. The lowest BCUT2D eigenvalue weighted by Crippen LogP contribution is -2.15. The van der Waals surface area contributed by atoms with Crippen LogP contribution in [0.5, 0.6) is 0 Å². The highest BCUT2D eigenvalue weighted by atomic mass is 15.1. The summed E-state index contributed by atoms with van der Waals surface area (Å²) in [6, 6.07) is 15.4. The maximum atomic E-state index is 4.88. The summed E-state index contributed by atoms with van der Waals surface area (Å²) in [5.74, 6) is 1.06. The second kappa shape index (κ2) is 7.46. The van der Waals surface area contributed by atoms with Crippen molar-refractivity contribution in [3.63, 3.8) is 0 Å². The highest BCUT2D eigenvalue weighted by Gasteiger charge is 2.11. The Kier molecular flexibility index (Phi) is 4.89. The Morgan fingerprint density at radius 2 is 1.81 bits per heavy atom. The van der Waals surface area contributed by atoms with Crippen LogP contribution in [0.1, 0.15) is 37.1 Å². The van der Waals surface area contributed by atoms with Gasteiger partial charge in [0.1, 0.15) is 5.82 Å². The number of rotatable bonds is 5. The van der Waals surface area contributed by atoms with Crippen molar-refractivity contribution in [1.82, 2.24) is 14.9 Å². The third-order valence-electron chi connectivity index (χ3n) is 5.22. The largest absolute Gasteiger partial charge is 0.342 e. The molecular formula is C23H27N3. The molecular weight excluding hydrogens is 318 g/mol. The van der Waals surface area contributed by atoms with Gasteiger partial charge in [0.05, 0.1) is 11.0 Å². The second-order valence-corrected chi connectivity index (χ2v) is 7.49. The minimum atomic E-state index is 0.939. The van der Waals surface area contributed by atoms with E-state index in [2.05, 4.69) is 72.5 Å². The Balaban J connectivity index is 1.64. The molecule has 1 heterocycles. The molecule has 26 heavy (non-hydrogen) atoms. The number of H-pyrrole nitrogens is 1. The fourth-order valence-electron chi connectivity index (χ4n) is 3.73. The second-order valence-electron chi connectivity index (χ2n) is 7.49. The maximum Gasteiger partial charge on any atom is 0.108 e. The molecule has 0 aliphatic heterocycles. The highest BCUT2D eigenvalue weighted by molar-refractivity contribution is 5.92. The van der Waals surface area contributed by atoms with Gasteiger partial charge in [-0.15, -0.1) is 0 Å². The summed E-state index contributed by atoms with van der Waals surface area (Å²) >= 11 is 0. The van der Waals surface area contributed by atoms with Gasteiger partial charge in [-0.25, -0.2) is 4.98 Å². The van der Waals surface area contributed by atoms with Gasteiger partial charge < -0.3 is 9.88 Å². The van der Waals surface area contributed by atoms with E-state index in [-0.39, 0.29) is 0 Å². The summed E-state index contributed by atoms with van der Waals surface area (Å²) in [4.78, 5) is 10.5. The van der Waals surface area contributed by atoms with Crippen molar-refractivity contribution in [3.8, 4) is 11.1 Å². The van der Waals surface area contributed by atoms with Crippen LogP contribution in [0, 0.1) is 0 Å². The van der Waals surface area contributed by atoms with Crippen LogP contribution in [0.4, 0.5) is 0 Å². The predicted molar refractivity (Wildman–Crippen MR) is 110 cm³/mol. The van der Waals surface area contributed by atoms with Gasteiger partial charge in [-0.3, -0.25) is 0 Å². The quantitative estimate of drug-likeness (QED) is 0.681. The molecule has 3 aromatic rings. The van der Waals surface area contributed by atoms with Crippen molar-refractivity contribution in [2.24, 2.45) is 0 Å². The van der Waals surface area contributed by atoms with Crippen LogP contribution >= 0.6 is 0 Å². The third kappa shape index (κ3) is 3.58. The van der Waals surface area contributed by atoms with Crippen LogP contribution in [0.25, 0.3) is 27.7 Å². The van der Waals surface area contributed by atoms with Crippen LogP contribution in [-0.4, -0.2) is 35.5 Å². The molecule has 0 unspecified atom stereocenters. The molecule has 0 saturated carbocycles. The summed E-state index contributed by atoms with van der Waals surface area (Å²) in [6.07, 6.45) is 8.43. The monoisotopic (exact) mass is 345 g/mol. The van der Waals surface area contributed by atoms with E-state index in [1.807, 2.05) is 0 Å². The minimum absolute atomic E-state index is 0.939. The topological polar surface area (TPSA) is 31.9 Å². The average Bonchev–Trinajstić information content (AvgIpc) is 3.10. The molecule has 3 nitrogen and oxygen atoms in total. The molecule has 3 heteroatoms. The lowest BCUT2D eigenvalue weighted by Gasteiger charge is -2.13. The van der Waals surface area contributed by atoms with Crippen LogP contribution in [-0.2, 0) is 6.42 Å². The van der Waals surface area contributed by atoms with Crippen molar-refractivity contribution in [3.05, 3.63) is 59.9 Å². The Morgan fingerprint density at radius 3 is 2.54 bits per heavy atom. The summed E-state index contributed by atoms with van der Waals surface area (Å²) in [7, 11) is 4.19. The number of hydrogen-bond donors (Lipinski definition) is 1. The molecule has 1 aliphatic carbocycles. The number of aromatic nitrogens is 2. The summed E-state index contributed by atoms with van der Waals surface area (Å²) in [5, 5.41) is 0. The molecule has 0 spiro atoms. The van der Waals surface area contributed by atoms with Crippen LogP contribution in [0.2, 0.25) is 0 Å². The maximum absolute atomic E-state index is 4.88. The summed E-state index contributed by atoms with van der Waals surface area (Å²) in [5.41, 5.74) is 7.52. The Bertz CT molecular complexity index is 916. The smallest absolute Gasteiger partial charge is 0.108 e. The number of fused-ring (bicyclic) bond motifs is 1. The summed E-state index contributed by atoms with van der Waals surface area (Å²) < 4.78 is 0. The Hall–Kier alpha value is -2.39. The van der Waals surface area contributed by atoms with E-state index in [0.29, 0.717) is 0 Å². The SMILES string of the molecule is CN(C)CCc1nc2c(-c3ccc(C4=CCCCC4)cc3)cccc2[nH]1. The number of nitrogens with zero attached hydrogens (tertiary/aromatic N) is 2. The van der Waals surface area contributed by atoms with Crippen molar-refractivity contribution in [2.75, 3.05) is 20.6 Å². The fourth-order valence-corrected chi connectivity index (χ4v) is 3.73. The van der Waals surface area contributed by atoms with E-state index in [4.69, 9.17) is 4.98 Å². The Labute approximate surface area is 155 Å². The molecule has 0 atom stereocenters. The third-order valence-corrected chi connectivity index (χ3v) is 5.22. The molecule has 2 aromatic carbocycles. The molecule has 0 amide bonds. The molecule has 0 fully saturated rings. The van der Waals surface area contributed by atoms with E-state index in [0.717, 1.165) is 29.8 Å². The van der Waals surface area contributed by atoms with E-state index in [1.54, 1.807) is 0 Å². The number of likely N-dealkylation sites (N-methyl/N-ethyl adjacent to an activating group) is 1. The standard InChI is InChI=1S/C23H27N3/c1-26(2)16-15-22-24-21-10-6-9-20(23(21)25-22)19-13-11-18(12-14-19)17-7-4-3-5-8-17/h6-7,9-14H,3-5,8,15-16H2,1-2H3,(H,24,25). The lowest BCUT2D eigenvalue weighted by atomic mass is 9.92. The first-order valence-electron chi connectivity index (χ1n) is 9.63. The first-order chi connectivity index (χ1) is 12.7. The summed E-state index contributed by atoms with van der Waals surface area (Å²) in [6.45, 7) is 0.999. The van der Waals surface area contributed by atoms with Crippen molar-refractivity contribution in [1.29, 1.82) is 0 Å². The number of allylic oxidation sites excluding steroid dienone is 2. The van der Waals surface area contributed by atoms with Crippen molar-refractivity contribution < 1.29 is 0 Å². The zero-order valence-corrected chi connectivity index (χ0v) is 15.8. The zero-order chi connectivity index (χ0) is 17.9. The van der Waals surface area contributed by atoms with Crippen LogP contribution in [0.3, 0.4) is 0 Å². The van der Waals surface area contributed by atoms with Gasteiger partial charge in [-0.2, -0.15) is 0 Å². The van der Waals surface area contributed by atoms with Gasteiger partial charge in [0.15, 0.2) is 0 Å². The van der Waals surface area contributed by atoms with Crippen molar-refractivity contribution in [2.45, 2.75) is 32.1 Å².